The van der Waals surface area contributed by atoms with Crippen molar-refractivity contribution in [2.24, 2.45) is 5.84 Å². The van der Waals surface area contributed by atoms with E-state index in [-0.39, 0.29) is 84.8 Å². The highest BCUT2D eigenvalue weighted by Crippen LogP contribution is 2.10. The molecule has 1 rings (SSSR count). The highest BCUT2D eigenvalue weighted by Gasteiger charge is 2.28. The summed E-state index contributed by atoms with van der Waals surface area (Å²) in [4.78, 5) is 63.7. The number of nitrogens with two attached hydrogens (primary N) is 1. The van der Waals surface area contributed by atoms with Gasteiger partial charge in [-0.25, -0.2) is 5.84 Å². The second kappa shape index (κ2) is 15.1. The van der Waals surface area contributed by atoms with E-state index in [0.717, 1.165) is 0 Å². The Bertz CT molecular complexity index is 690. The molecule has 1 amide bonds. The van der Waals surface area contributed by atoms with Crippen LogP contribution in [-0.4, -0.2) is 148 Å². The van der Waals surface area contributed by atoms with Gasteiger partial charge >= 0.3 is 23.9 Å². The largest absolute Gasteiger partial charge is 0.480 e. The van der Waals surface area contributed by atoms with E-state index in [4.69, 9.17) is 5.84 Å². The van der Waals surface area contributed by atoms with Crippen molar-refractivity contribution < 1.29 is 44.4 Å². The van der Waals surface area contributed by atoms with Gasteiger partial charge in [0, 0.05) is 58.8 Å². The van der Waals surface area contributed by atoms with Gasteiger partial charge in [0.1, 0.15) is 6.04 Å². The Hall–Kier alpha value is -2.85. The van der Waals surface area contributed by atoms with Crippen LogP contribution in [0.5, 0.6) is 0 Å². The zero-order valence-corrected chi connectivity index (χ0v) is 19.0. The molecule has 194 valence electrons. The fourth-order valence-electron chi connectivity index (χ4n) is 3.71. The average molecular weight is 491 g/mol. The first kappa shape index (κ1) is 29.2. The number of amides is 1. The highest BCUT2D eigenvalue weighted by molar-refractivity contribution is 5.78. The van der Waals surface area contributed by atoms with Gasteiger partial charge in [-0.2, -0.15) is 0 Å². The fraction of sp³-hybridized carbons (Fsp3) is 0.737. The number of carbonyl (C=O) groups is 5. The van der Waals surface area contributed by atoms with Gasteiger partial charge in [-0.15, -0.1) is 0 Å². The summed E-state index contributed by atoms with van der Waals surface area (Å²) in [5.74, 6) is 0.164. The summed E-state index contributed by atoms with van der Waals surface area (Å²) in [6, 6.07) is -1.07. The number of hydrogen-bond donors (Lipinski definition) is 6. The molecule has 1 aliphatic rings. The van der Waals surface area contributed by atoms with Crippen LogP contribution < -0.4 is 11.3 Å². The summed E-state index contributed by atoms with van der Waals surface area (Å²) in [6.07, 6.45) is -0.172. The molecule has 0 bridgehead atoms. The lowest BCUT2D eigenvalue weighted by Crippen LogP contribution is -2.52. The first-order valence-corrected chi connectivity index (χ1v) is 10.8. The number of hydrazine groups is 1. The first-order chi connectivity index (χ1) is 16.0. The molecule has 15 heteroatoms. The number of carbonyl (C=O) groups excluding carboxylic acids is 1. The molecule has 1 fully saturated rings. The second-order valence-electron chi connectivity index (χ2n) is 8.01. The van der Waals surface area contributed by atoms with Crippen molar-refractivity contribution in [2.45, 2.75) is 18.9 Å². The molecule has 1 atom stereocenters. The maximum absolute atomic E-state index is 12.0. The Morgan fingerprint density at radius 3 is 1.32 bits per heavy atom. The number of rotatable bonds is 11. The summed E-state index contributed by atoms with van der Waals surface area (Å²) in [5, 5.41) is 37.4. The van der Waals surface area contributed by atoms with Crippen LogP contribution in [0.3, 0.4) is 0 Å². The predicted molar refractivity (Wildman–Crippen MR) is 117 cm³/mol. The quantitative estimate of drug-likeness (QED) is 0.0949. The van der Waals surface area contributed by atoms with Gasteiger partial charge in [-0.1, -0.05) is 0 Å². The van der Waals surface area contributed by atoms with E-state index >= 15 is 0 Å². The van der Waals surface area contributed by atoms with Gasteiger partial charge in [0.2, 0.25) is 5.91 Å². The molecule has 1 saturated heterocycles. The molecule has 1 aliphatic heterocycles. The second-order valence-corrected chi connectivity index (χ2v) is 8.01. The summed E-state index contributed by atoms with van der Waals surface area (Å²) in [6.45, 7) is 0.664. The van der Waals surface area contributed by atoms with Crippen LogP contribution in [0.4, 0.5) is 0 Å². The Kier molecular flexibility index (Phi) is 13.0. The van der Waals surface area contributed by atoms with Crippen molar-refractivity contribution in [3.8, 4) is 0 Å². The molecule has 0 aromatic carbocycles. The van der Waals surface area contributed by atoms with Crippen molar-refractivity contribution in [3.05, 3.63) is 0 Å². The Labute approximate surface area is 196 Å². The van der Waals surface area contributed by atoms with E-state index in [2.05, 4.69) is 0 Å². The summed E-state index contributed by atoms with van der Waals surface area (Å²) in [5.41, 5.74) is 1.95. The summed E-state index contributed by atoms with van der Waals surface area (Å²) >= 11 is 0. The van der Waals surface area contributed by atoms with Gasteiger partial charge in [-0.05, 0) is 6.42 Å². The van der Waals surface area contributed by atoms with Gasteiger partial charge in [0.15, 0.2) is 0 Å². The molecule has 15 nitrogen and oxygen atoms in total. The molecule has 0 spiro atoms. The van der Waals surface area contributed by atoms with E-state index in [9.17, 15) is 44.4 Å². The molecule has 0 unspecified atom stereocenters. The number of nitrogens with one attached hydrogen (secondary N) is 1. The molecule has 1 heterocycles. The van der Waals surface area contributed by atoms with Gasteiger partial charge in [-0.3, -0.25) is 49.0 Å². The molecule has 0 aliphatic carbocycles. The molecule has 0 saturated carbocycles. The van der Waals surface area contributed by atoms with Crippen molar-refractivity contribution in [1.29, 1.82) is 0 Å². The Morgan fingerprint density at radius 2 is 1.03 bits per heavy atom. The molecule has 34 heavy (non-hydrogen) atoms. The number of nitrogens with zero attached hydrogens (tertiary/aromatic N) is 4. The smallest absolute Gasteiger partial charge is 0.320 e. The zero-order chi connectivity index (χ0) is 25.7. The topological polar surface area (TPSA) is 217 Å². The lowest BCUT2D eigenvalue weighted by atomic mass is 10.1. The zero-order valence-electron chi connectivity index (χ0n) is 19.0. The lowest BCUT2D eigenvalue weighted by molar-refractivity contribution is -0.145. The van der Waals surface area contributed by atoms with Gasteiger partial charge < -0.3 is 20.4 Å². The van der Waals surface area contributed by atoms with Crippen molar-refractivity contribution in [3.63, 3.8) is 0 Å². The van der Waals surface area contributed by atoms with Crippen LogP contribution in [0, 0.1) is 0 Å². The minimum Gasteiger partial charge on any atom is -0.480 e. The molecular weight excluding hydrogens is 456 g/mol. The van der Waals surface area contributed by atoms with Crippen LogP contribution in [0.2, 0.25) is 0 Å². The molecule has 0 aromatic heterocycles. The average Bonchev–Trinajstić information content (AvgIpc) is 2.73. The van der Waals surface area contributed by atoms with E-state index in [1.165, 1.54) is 0 Å². The number of carboxylic acid groups (broad SMARTS) is 4. The number of carboxylic acids is 4. The van der Waals surface area contributed by atoms with E-state index in [1.54, 1.807) is 19.6 Å². The monoisotopic (exact) mass is 490 g/mol. The summed E-state index contributed by atoms with van der Waals surface area (Å²) in [7, 11) is 0. The van der Waals surface area contributed by atoms with Crippen LogP contribution in [0.1, 0.15) is 12.8 Å². The first-order valence-electron chi connectivity index (χ1n) is 10.8. The number of aliphatic carboxylic acids is 4. The SMILES string of the molecule is NNC(=O)CC[C@H](C(=O)O)N1CCN(CC(=O)O)CCN(CC(=O)O)CCN(CC(=O)O)CC1. The molecular formula is C19H34N6O9. The predicted octanol–water partition coefficient (Wildman–Crippen LogP) is -3.31. The normalized spacial score (nSPS) is 18.9. The highest BCUT2D eigenvalue weighted by atomic mass is 16.4. The maximum atomic E-state index is 12.0. The van der Waals surface area contributed by atoms with Crippen molar-refractivity contribution >= 4 is 29.8 Å². The van der Waals surface area contributed by atoms with Crippen LogP contribution in [0.15, 0.2) is 0 Å². The maximum Gasteiger partial charge on any atom is 0.320 e. The standard InChI is InChI=1S/C19H34N6O9/c20-21-15(26)2-1-14(19(33)34)25-9-7-23(12-17(29)30)5-3-22(11-16(27)28)4-6-24(8-10-25)13-18(31)32/h14H,1-13,20H2,(H,21,26)(H,27,28)(H,29,30)(H,31,32)(H,33,34)/t14-/m1/s1. The third-order valence-electron chi connectivity index (χ3n) is 5.48. The Balaban J connectivity index is 3.11. The minimum absolute atomic E-state index is 0.0391. The van der Waals surface area contributed by atoms with Crippen molar-refractivity contribution in [1.82, 2.24) is 25.0 Å². The minimum atomic E-state index is -1.17. The van der Waals surface area contributed by atoms with Crippen LogP contribution in [0.25, 0.3) is 0 Å². The van der Waals surface area contributed by atoms with Crippen molar-refractivity contribution in [2.75, 3.05) is 72.0 Å². The molecule has 7 N–H and O–H groups in total. The lowest BCUT2D eigenvalue weighted by Gasteiger charge is -2.35. The van der Waals surface area contributed by atoms with E-state index < -0.39 is 35.8 Å². The third kappa shape index (κ3) is 11.9. The van der Waals surface area contributed by atoms with Crippen LogP contribution in [-0.2, 0) is 24.0 Å². The fourth-order valence-corrected chi connectivity index (χ4v) is 3.71. The van der Waals surface area contributed by atoms with Crippen LogP contribution >= 0.6 is 0 Å². The molecule has 0 radical (unpaired) electrons. The third-order valence-corrected chi connectivity index (χ3v) is 5.48. The Morgan fingerprint density at radius 1 is 0.676 bits per heavy atom. The number of hydrogen-bond acceptors (Lipinski definition) is 10. The van der Waals surface area contributed by atoms with Gasteiger partial charge in [0.25, 0.3) is 0 Å². The van der Waals surface area contributed by atoms with E-state index in [0.29, 0.717) is 0 Å². The molecule has 0 aromatic rings. The van der Waals surface area contributed by atoms with Gasteiger partial charge in [0.05, 0.1) is 19.6 Å². The summed E-state index contributed by atoms with van der Waals surface area (Å²) < 4.78 is 0. The van der Waals surface area contributed by atoms with E-state index in [1.807, 2.05) is 5.43 Å².